The molecule has 1 aliphatic heterocycles. The van der Waals surface area contributed by atoms with Gasteiger partial charge in [0.05, 0.1) is 13.2 Å². The number of piperazine rings is 1. The maximum atomic E-state index is 13.0. The number of aliphatic carboxylic acids is 1. The fourth-order valence-electron chi connectivity index (χ4n) is 4.57. The number of alkyl carbamates (subject to hydrolysis) is 1. The smallest absolute Gasteiger partial charge is 0.407 e. The minimum absolute atomic E-state index is 0.0973. The van der Waals surface area contributed by atoms with E-state index in [0.717, 1.165) is 22.3 Å². The van der Waals surface area contributed by atoms with Gasteiger partial charge in [-0.3, -0.25) is 14.4 Å². The second-order valence-corrected chi connectivity index (χ2v) is 8.45. The van der Waals surface area contributed by atoms with Crippen LogP contribution >= 0.6 is 0 Å². The molecule has 1 fully saturated rings. The SMILES string of the molecule is COC[C@H](NC(=O)OCC1c2ccccc2-c2ccccc21)C(=O)N1CCN(CC(=O)O)C(=O)C1. The Morgan fingerprint density at radius 1 is 1.06 bits per heavy atom. The van der Waals surface area contributed by atoms with Gasteiger partial charge in [0.15, 0.2) is 0 Å². The number of benzene rings is 2. The highest BCUT2D eigenvalue weighted by atomic mass is 16.5. The number of methoxy groups -OCH3 is 1. The summed E-state index contributed by atoms with van der Waals surface area (Å²) >= 11 is 0. The molecule has 0 unspecified atom stereocenters. The molecular weight excluding hydrogens is 454 g/mol. The topological polar surface area (TPSA) is 125 Å². The average molecular weight is 482 g/mol. The molecule has 2 aromatic carbocycles. The highest BCUT2D eigenvalue weighted by Gasteiger charge is 2.34. The largest absolute Gasteiger partial charge is 0.480 e. The maximum absolute atomic E-state index is 13.0. The molecule has 0 bridgehead atoms. The lowest BCUT2D eigenvalue weighted by Gasteiger charge is -2.35. The van der Waals surface area contributed by atoms with Crippen LogP contribution in [0.3, 0.4) is 0 Å². The van der Waals surface area contributed by atoms with Crippen LogP contribution in [-0.2, 0) is 23.9 Å². The van der Waals surface area contributed by atoms with Gasteiger partial charge in [-0.05, 0) is 22.3 Å². The Labute approximate surface area is 202 Å². The normalized spacial score (nSPS) is 15.9. The van der Waals surface area contributed by atoms with E-state index in [0.29, 0.717) is 0 Å². The van der Waals surface area contributed by atoms with E-state index < -0.39 is 36.5 Å². The minimum Gasteiger partial charge on any atom is -0.480 e. The molecule has 0 spiro atoms. The standard InChI is InChI=1S/C25H27N3O7/c1-34-15-21(24(32)28-11-10-27(13-23(30)31)22(29)12-28)26-25(33)35-14-20-18-8-4-2-6-16(18)17-7-3-5-9-19(17)20/h2-9,20-21H,10-15H2,1H3,(H,26,33)(H,30,31)/t21-/m0/s1. The summed E-state index contributed by atoms with van der Waals surface area (Å²) in [7, 11) is 1.40. The van der Waals surface area contributed by atoms with Gasteiger partial charge in [0.1, 0.15) is 19.2 Å². The molecule has 1 saturated heterocycles. The van der Waals surface area contributed by atoms with Crippen molar-refractivity contribution in [1.29, 1.82) is 0 Å². The number of carbonyl (C=O) groups is 4. The Morgan fingerprint density at radius 2 is 1.69 bits per heavy atom. The summed E-state index contributed by atoms with van der Waals surface area (Å²) in [5.41, 5.74) is 4.36. The monoisotopic (exact) mass is 481 g/mol. The molecule has 4 rings (SSSR count). The number of rotatable bonds is 8. The van der Waals surface area contributed by atoms with Crippen molar-refractivity contribution in [3.8, 4) is 11.1 Å². The fourth-order valence-corrected chi connectivity index (χ4v) is 4.57. The van der Waals surface area contributed by atoms with Crippen LogP contribution in [0.1, 0.15) is 17.0 Å². The zero-order valence-corrected chi connectivity index (χ0v) is 19.3. The Balaban J connectivity index is 1.37. The summed E-state index contributed by atoms with van der Waals surface area (Å²) in [6.45, 7) is -0.433. The van der Waals surface area contributed by atoms with Crippen LogP contribution in [0.25, 0.3) is 11.1 Å². The van der Waals surface area contributed by atoms with Gasteiger partial charge in [-0.2, -0.15) is 0 Å². The van der Waals surface area contributed by atoms with Gasteiger partial charge in [0, 0.05) is 26.1 Å². The summed E-state index contributed by atoms with van der Waals surface area (Å²) in [6, 6.07) is 14.9. The number of hydrogen-bond acceptors (Lipinski definition) is 6. The van der Waals surface area contributed by atoms with Gasteiger partial charge >= 0.3 is 12.1 Å². The lowest BCUT2D eigenvalue weighted by Crippen LogP contribution is -2.58. The van der Waals surface area contributed by atoms with Crippen molar-refractivity contribution in [2.24, 2.45) is 0 Å². The van der Waals surface area contributed by atoms with Crippen molar-refractivity contribution in [1.82, 2.24) is 15.1 Å². The number of nitrogens with one attached hydrogen (secondary N) is 1. The Hall–Kier alpha value is -3.92. The van der Waals surface area contributed by atoms with Crippen LogP contribution in [-0.4, -0.2) is 91.3 Å². The minimum atomic E-state index is -1.12. The second-order valence-electron chi connectivity index (χ2n) is 8.45. The summed E-state index contributed by atoms with van der Waals surface area (Å²) in [5.74, 6) is -2.20. The highest BCUT2D eigenvalue weighted by Crippen LogP contribution is 2.44. The Morgan fingerprint density at radius 3 is 2.26 bits per heavy atom. The lowest BCUT2D eigenvalue weighted by molar-refractivity contribution is -0.151. The van der Waals surface area contributed by atoms with Gasteiger partial charge in [-0.1, -0.05) is 48.5 Å². The van der Waals surface area contributed by atoms with E-state index in [1.165, 1.54) is 16.9 Å². The molecule has 1 heterocycles. The zero-order chi connectivity index (χ0) is 24.9. The first-order valence-electron chi connectivity index (χ1n) is 11.3. The number of amides is 3. The lowest BCUT2D eigenvalue weighted by atomic mass is 9.98. The van der Waals surface area contributed by atoms with Gasteiger partial charge in [-0.15, -0.1) is 0 Å². The predicted molar refractivity (Wildman–Crippen MR) is 125 cm³/mol. The molecule has 2 aliphatic rings. The molecule has 184 valence electrons. The number of carboxylic acids is 1. The molecule has 2 aromatic rings. The molecule has 1 aliphatic carbocycles. The van der Waals surface area contributed by atoms with Crippen LogP contribution < -0.4 is 5.32 Å². The summed E-state index contributed by atoms with van der Waals surface area (Å²) in [5, 5.41) is 11.4. The third-order valence-electron chi connectivity index (χ3n) is 6.22. The summed E-state index contributed by atoms with van der Waals surface area (Å²) < 4.78 is 10.6. The Bertz CT molecular complexity index is 1090. The predicted octanol–water partition coefficient (Wildman–Crippen LogP) is 1.30. The van der Waals surface area contributed by atoms with Crippen LogP contribution in [0.15, 0.2) is 48.5 Å². The molecule has 1 atom stereocenters. The van der Waals surface area contributed by atoms with Crippen LogP contribution in [0.4, 0.5) is 4.79 Å². The van der Waals surface area contributed by atoms with E-state index >= 15 is 0 Å². The average Bonchev–Trinajstić information content (AvgIpc) is 3.17. The molecule has 10 nitrogen and oxygen atoms in total. The number of carbonyl (C=O) groups excluding carboxylic acids is 3. The first kappa shape index (κ1) is 24.2. The number of ether oxygens (including phenoxy) is 2. The molecule has 2 N–H and O–H groups in total. The molecule has 0 aromatic heterocycles. The van der Waals surface area contributed by atoms with Gasteiger partial charge in [-0.25, -0.2) is 4.79 Å². The molecule has 3 amide bonds. The second kappa shape index (κ2) is 10.6. The van der Waals surface area contributed by atoms with E-state index in [-0.39, 0.29) is 38.8 Å². The van der Waals surface area contributed by atoms with Gasteiger partial charge < -0.3 is 29.7 Å². The fraction of sp³-hybridized carbons (Fsp3) is 0.360. The highest BCUT2D eigenvalue weighted by molar-refractivity contribution is 5.91. The van der Waals surface area contributed by atoms with Crippen LogP contribution in [0, 0.1) is 0 Å². The van der Waals surface area contributed by atoms with Crippen molar-refractivity contribution in [3.63, 3.8) is 0 Å². The first-order chi connectivity index (χ1) is 16.9. The van der Waals surface area contributed by atoms with Crippen LogP contribution in [0.5, 0.6) is 0 Å². The Kier molecular flexibility index (Phi) is 7.31. The molecule has 0 saturated carbocycles. The summed E-state index contributed by atoms with van der Waals surface area (Å²) in [6.07, 6.45) is -0.766. The van der Waals surface area contributed by atoms with Crippen molar-refractivity contribution in [3.05, 3.63) is 59.7 Å². The quantitative estimate of drug-likeness (QED) is 0.582. The van der Waals surface area contributed by atoms with Crippen molar-refractivity contribution in [2.45, 2.75) is 12.0 Å². The van der Waals surface area contributed by atoms with E-state index in [1.807, 2.05) is 48.5 Å². The number of hydrogen-bond donors (Lipinski definition) is 2. The van der Waals surface area contributed by atoms with Crippen molar-refractivity contribution in [2.75, 3.05) is 46.5 Å². The van der Waals surface area contributed by atoms with E-state index in [2.05, 4.69) is 5.32 Å². The van der Waals surface area contributed by atoms with Gasteiger partial charge in [0.2, 0.25) is 11.8 Å². The van der Waals surface area contributed by atoms with E-state index in [9.17, 15) is 19.2 Å². The van der Waals surface area contributed by atoms with Crippen molar-refractivity contribution >= 4 is 23.9 Å². The third-order valence-corrected chi connectivity index (χ3v) is 6.22. The van der Waals surface area contributed by atoms with Crippen LogP contribution in [0.2, 0.25) is 0 Å². The zero-order valence-electron chi connectivity index (χ0n) is 19.3. The first-order valence-corrected chi connectivity index (χ1v) is 11.3. The molecule has 0 radical (unpaired) electrons. The third kappa shape index (κ3) is 5.27. The van der Waals surface area contributed by atoms with Gasteiger partial charge in [0.25, 0.3) is 0 Å². The molecule has 10 heteroatoms. The number of fused-ring (bicyclic) bond motifs is 3. The van der Waals surface area contributed by atoms with E-state index in [1.54, 1.807) is 0 Å². The van der Waals surface area contributed by atoms with Crippen molar-refractivity contribution < 1.29 is 33.8 Å². The molecule has 35 heavy (non-hydrogen) atoms. The van der Waals surface area contributed by atoms with E-state index in [4.69, 9.17) is 14.6 Å². The molecular formula is C25H27N3O7. The summed E-state index contributed by atoms with van der Waals surface area (Å²) in [4.78, 5) is 51.2. The maximum Gasteiger partial charge on any atom is 0.407 e. The number of nitrogens with zero attached hydrogens (tertiary/aromatic N) is 2. The number of carboxylic acid groups (broad SMARTS) is 1.